The third-order valence-corrected chi connectivity index (χ3v) is 3.83. The molecular formula is C17H24N2O2. The number of nitrogens with zero attached hydrogens (tertiary/aromatic N) is 2. The lowest BCUT2D eigenvalue weighted by Crippen LogP contribution is -2.44. The molecule has 1 atom stereocenters. The first-order valence-electron chi connectivity index (χ1n) is 7.53. The van der Waals surface area contributed by atoms with Gasteiger partial charge >= 0.3 is 0 Å². The minimum atomic E-state index is -0.687. The molecule has 0 saturated heterocycles. The average Bonchev–Trinajstić information content (AvgIpc) is 2.48. The van der Waals surface area contributed by atoms with E-state index in [1.54, 1.807) is 11.2 Å². The average molecular weight is 288 g/mol. The summed E-state index contributed by atoms with van der Waals surface area (Å²) in [6, 6.07) is 10.0. The Bertz CT molecular complexity index is 485. The molecule has 1 saturated carbocycles. The zero-order valence-corrected chi connectivity index (χ0v) is 12.9. The maximum atomic E-state index is 12.4. The summed E-state index contributed by atoms with van der Waals surface area (Å²) in [6.45, 7) is 0.475. The lowest BCUT2D eigenvalue weighted by Gasteiger charge is -2.34. The number of ketones is 1. The number of hydrogen-bond acceptors (Lipinski definition) is 4. The van der Waals surface area contributed by atoms with Crippen LogP contribution < -0.4 is 0 Å². The lowest BCUT2D eigenvalue weighted by molar-refractivity contribution is -0.150. The fourth-order valence-electron chi connectivity index (χ4n) is 2.64. The van der Waals surface area contributed by atoms with Crippen LogP contribution in [0.2, 0.25) is 0 Å². The highest BCUT2D eigenvalue weighted by Crippen LogP contribution is 2.32. The van der Waals surface area contributed by atoms with Crippen LogP contribution in [0.3, 0.4) is 0 Å². The smallest absolute Gasteiger partial charge is 0.165 e. The largest absolute Gasteiger partial charge is 0.362 e. The normalized spacial score (nSPS) is 22.7. The number of rotatable bonds is 6. The minimum Gasteiger partial charge on any atom is -0.362 e. The Labute approximate surface area is 126 Å². The molecule has 0 amide bonds. The van der Waals surface area contributed by atoms with Gasteiger partial charge in [0.2, 0.25) is 0 Å². The summed E-state index contributed by atoms with van der Waals surface area (Å²) < 4.78 is 6.09. The highest BCUT2D eigenvalue weighted by molar-refractivity contribution is 5.90. The number of benzene rings is 1. The van der Waals surface area contributed by atoms with E-state index in [0.717, 1.165) is 24.8 Å². The molecule has 1 aliphatic rings. The summed E-state index contributed by atoms with van der Waals surface area (Å²) >= 11 is 0. The number of Topliss-reactive ketones (excluding diaryl/α,β-unsaturated/α-hetero) is 1. The Kier molecular flexibility index (Phi) is 5.51. The number of carbonyl (C=O) groups is 1. The molecule has 0 unspecified atom stereocenters. The van der Waals surface area contributed by atoms with Gasteiger partial charge in [-0.1, -0.05) is 30.3 Å². The molecule has 21 heavy (non-hydrogen) atoms. The molecule has 114 valence electrons. The van der Waals surface area contributed by atoms with E-state index in [1.807, 2.05) is 44.4 Å². The van der Waals surface area contributed by atoms with Crippen LogP contribution in [0.1, 0.15) is 37.7 Å². The molecular weight excluding hydrogens is 264 g/mol. The zero-order valence-electron chi connectivity index (χ0n) is 12.9. The van der Waals surface area contributed by atoms with Gasteiger partial charge in [-0.25, -0.2) is 0 Å². The van der Waals surface area contributed by atoms with Crippen molar-refractivity contribution < 1.29 is 9.53 Å². The fraction of sp³-hybridized carbons (Fsp3) is 0.529. The molecule has 0 aromatic heterocycles. The van der Waals surface area contributed by atoms with Gasteiger partial charge in [0.1, 0.15) is 5.60 Å². The highest BCUT2D eigenvalue weighted by Gasteiger charge is 2.40. The van der Waals surface area contributed by atoms with Gasteiger partial charge in [-0.2, -0.15) is 5.10 Å². The summed E-state index contributed by atoms with van der Waals surface area (Å²) in [5.41, 5.74) is 0.410. The van der Waals surface area contributed by atoms with E-state index in [0.29, 0.717) is 19.4 Å². The molecule has 1 fully saturated rings. The van der Waals surface area contributed by atoms with Crippen LogP contribution in [0.15, 0.2) is 35.4 Å². The standard InChI is InChI=1S/C17H24N2O2/c1-19(2)18-13-12-17(11-7-6-10-16(17)20)21-14-15-8-4-3-5-9-15/h3-5,8-9,13H,6-7,10-12,14H2,1-2H3/b18-13+/t17-/m1/s1. The molecule has 0 radical (unpaired) electrons. The maximum Gasteiger partial charge on any atom is 0.165 e. The first kappa shape index (κ1) is 15.7. The Balaban J connectivity index is 2.06. The SMILES string of the molecule is CN(C)/N=C/C[C@]1(OCc2ccccc2)CCCCC1=O. The molecule has 0 bridgehead atoms. The molecule has 1 aliphatic carbocycles. The molecule has 0 spiro atoms. The zero-order chi connectivity index (χ0) is 15.1. The van der Waals surface area contributed by atoms with Crippen molar-refractivity contribution in [2.24, 2.45) is 5.10 Å². The quantitative estimate of drug-likeness (QED) is 0.597. The van der Waals surface area contributed by atoms with Crippen LogP contribution in [-0.4, -0.2) is 36.7 Å². The Morgan fingerprint density at radius 2 is 2.05 bits per heavy atom. The van der Waals surface area contributed by atoms with Crippen molar-refractivity contribution in [3.8, 4) is 0 Å². The Hall–Kier alpha value is -1.68. The van der Waals surface area contributed by atoms with Gasteiger partial charge in [0.05, 0.1) is 6.61 Å². The fourth-order valence-corrected chi connectivity index (χ4v) is 2.64. The second-order valence-corrected chi connectivity index (χ2v) is 5.75. The predicted octanol–water partition coefficient (Wildman–Crippen LogP) is 3.02. The van der Waals surface area contributed by atoms with Crippen LogP contribution in [0, 0.1) is 0 Å². The van der Waals surface area contributed by atoms with Crippen LogP contribution >= 0.6 is 0 Å². The number of carbonyl (C=O) groups excluding carboxylic acids is 1. The van der Waals surface area contributed by atoms with Crippen molar-refractivity contribution in [1.82, 2.24) is 5.01 Å². The van der Waals surface area contributed by atoms with Gasteiger partial charge in [-0.3, -0.25) is 4.79 Å². The van der Waals surface area contributed by atoms with Crippen LogP contribution in [-0.2, 0) is 16.1 Å². The lowest BCUT2D eigenvalue weighted by atomic mass is 9.81. The number of hydrazone groups is 1. The summed E-state index contributed by atoms with van der Waals surface area (Å²) in [5.74, 6) is 0.217. The summed E-state index contributed by atoms with van der Waals surface area (Å²) in [7, 11) is 3.74. The van der Waals surface area contributed by atoms with Crippen molar-refractivity contribution in [1.29, 1.82) is 0 Å². The van der Waals surface area contributed by atoms with Gasteiger partial charge in [-0.05, 0) is 24.8 Å². The second kappa shape index (κ2) is 7.36. The maximum absolute atomic E-state index is 12.4. The van der Waals surface area contributed by atoms with E-state index in [2.05, 4.69) is 5.10 Å². The van der Waals surface area contributed by atoms with Crippen molar-refractivity contribution >= 4 is 12.0 Å². The van der Waals surface area contributed by atoms with E-state index in [1.165, 1.54) is 0 Å². The van der Waals surface area contributed by atoms with Gasteiger partial charge < -0.3 is 9.75 Å². The van der Waals surface area contributed by atoms with Crippen LogP contribution in [0.4, 0.5) is 0 Å². The first-order valence-corrected chi connectivity index (χ1v) is 7.53. The molecule has 0 heterocycles. The van der Waals surface area contributed by atoms with E-state index >= 15 is 0 Å². The van der Waals surface area contributed by atoms with Gasteiger partial charge in [-0.15, -0.1) is 0 Å². The summed E-state index contributed by atoms with van der Waals surface area (Å²) in [5, 5.41) is 5.96. The molecule has 1 aromatic carbocycles. The molecule has 2 rings (SSSR count). The van der Waals surface area contributed by atoms with Crippen LogP contribution in [0.5, 0.6) is 0 Å². The number of ether oxygens (including phenoxy) is 1. The van der Waals surface area contributed by atoms with E-state index in [4.69, 9.17) is 4.74 Å². The van der Waals surface area contributed by atoms with Crippen LogP contribution in [0.25, 0.3) is 0 Å². The third kappa shape index (κ3) is 4.39. The first-order chi connectivity index (χ1) is 10.1. The molecule has 4 nitrogen and oxygen atoms in total. The van der Waals surface area contributed by atoms with Crippen molar-refractivity contribution in [2.45, 2.75) is 44.3 Å². The van der Waals surface area contributed by atoms with Crippen molar-refractivity contribution in [2.75, 3.05) is 14.1 Å². The van der Waals surface area contributed by atoms with Gasteiger partial charge in [0.15, 0.2) is 5.78 Å². The summed E-state index contributed by atoms with van der Waals surface area (Å²) in [6.07, 6.45) is 5.77. The Morgan fingerprint density at radius 3 is 2.71 bits per heavy atom. The highest BCUT2D eigenvalue weighted by atomic mass is 16.5. The minimum absolute atomic E-state index is 0.217. The summed E-state index contributed by atoms with van der Waals surface area (Å²) in [4.78, 5) is 12.4. The molecule has 1 aromatic rings. The van der Waals surface area contributed by atoms with E-state index in [-0.39, 0.29) is 5.78 Å². The van der Waals surface area contributed by atoms with Gasteiger partial charge in [0.25, 0.3) is 0 Å². The van der Waals surface area contributed by atoms with Gasteiger partial charge in [0, 0.05) is 33.2 Å². The van der Waals surface area contributed by atoms with Crippen molar-refractivity contribution in [3.63, 3.8) is 0 Å². The monoisotopic (exact) mass is 288 g/mol. The topological polar surface area (TPSA) is 41.9 Å². The second-order valence-electron chi connectivity index (χ2n) is 5.75. The van der Waals surface area contributed by atoms with Crippen molar-refractivity contribution in [3.05, 3.63) is 35.9 Å². The Morgan fingerprint density at radius 1 is 1.29 bits per heavy atom. The predicted molar refractivity (Wildman–Crippen MR) is 84.2 cm³/mol. The third-order valence-electron chi connectivity index (χ3n) is 3.83. The van der Waals surface area contributed by atoms with E-state index in [9.17, 15) is 4.79 Å². The molecule has 0 aliphatic heterocycles. The molecule has 0 N–H and O–H groups in total. The number of hydrogen-bond donors (Lipinski definition) is 0. The molecule has 4 heteroatoms. The van der Waals surface area contributed by atoms with E-state index < -0.39 is 5.60 Å².